The predicted octanol–water partition coefficient (Wildman–Crippen LogP) is 5.23. The highest BCUT2D eigenvalue weighted by Crippen LogP contribution is 2.31. The van der Waals surface area contributed by atoms with Crippen LogP contribution in [0.15, 0.2) is 48.5 Å². The lowest BCUT2D eigenvalue weighted by Gasteiger charge is -2.14. The van der Waals surface area contributed by atoms with Crippen molar-refractivity contribution >= 4 is 23.2 Å². The SMILES string of the molecule is CCc1ccccc1C(Cl)c1ccc(Cl)cc1. The zero-order valence-corrected chi connectivity index (χ0v) is 11.2. The molecule has 2 rings (SSSR count). The van der Waals surface area contributed by atoms with Gasteiger partial charge >= 0.3 is 0 Å². The Balaban J connectivity index is 2.36. The van der Waals surface area contributed by atoms with Gasteiger partial charge in [0.15, 0.2) is 0 Å². The van der Waals surface area contributed by atoms with Crippen molar-refractivity contribution in [3.8, 4) is 0 Å². The summed E-state index contributed by atoms with van der Waals surface area (Å²) in [4.78, 5) is 0. The topological polar surface area (TPSA) is 0 Å². The first-order chi connectivity index (χ1) is 8.22. The molecule has 88 valence electrons. The molecule has 2 heteroatoms. The second-order valence-electron chi connectivity index (χ2n) is 3.97. The van der Waals surface area contributed by atoms with E-state index in [4.69, 9.17) is 23.2 Å². The normalized spacial score (nSPS) is 12.4. The molecule has 2 aromatic rings. The van der Waals surface area contributed by atoms with Gasteiger partial charge in [0.05, 0.1) is 5.38 Å². The van der Waals surface area contributed by atoms with Gasteiger partial charge in [0.2, 0.25) is 0 Å². The van der Waals surface area contributed by atoms with E-state index in [9.17, 15) is 0 Å². The summed E-state index contributed by atoms with van der Waals surface area (Å²) in [6.07, 6.45) is 0.993. The summed E-state index contributed by atoms with van der Waals surface area (Å²) in [7, 11) is 0. The minimum absolute atomic E-state index is 0.108. The van der Waals surface area contributed by atoms with Crippen LogP contribution in [0.3, 0.4) is 0 Å². The summed E-state index contributed by atoms with van der Waals surface area (Å²) in [6, 6.07) is 16.0. The maximum Gasteiger partial charge on any atom is 0.0838 e. The van der Waals surface area contributed by atoms with Crippen molar-refractivity contribution in [2.24, 2.45) is 0 Å². The van der Waals surface area contributed by atoms with E-state index < -0.39 is 0 Å². The molecule has 0 aliphatic carbocycles. The van der Waals surface area contributed by atoms with Crippen LogP contribution < -0.4 is 0 Å². The van der Waals surface area contributed by atoms with E-state index in [1.165, 1.54) is 11.1 Å². The molecule has 0 radical (unpaired) electrons. The second-order valence-corrected chi connectivity index (χ2v) is 4.84. The third-order valence-electron chi connectivity index (χ3n) is 2.87. The molecule has 0 saturated heterocycles. The fraction of sp³-hybridized carbons (Fsp3) is 0.200. The Bertz CT molecular complexity index is 489. The number of benzene rings is 2. The zero-order chi connectivity index (χ0) is 12.3. The quantitative estimate of drug-likeness (QED) is 0.666. The predicted molar refractivity (Wildman–Crippen MR) is 75.0 cm³/mol. The van der Waals surface area contributed by atoms with E-state index in [1.54, 1.807) is 0 Å². The average molecular weight is 265 g/mol. The zero-order valence-electron chi connectivity index (χ0n) is 9.66. The van der Waals surface area contributed by atoms with Crippen molar-refractivity contribution in [2.45, 2.75) is 18.7 Å². The van der Waals surface area contributed by atoms with Crippen molar-refractivity contribution in [2.75, 3.05) is 0 Å². The summed E-state index contributed by atoms with van der Waals surface area (Å²) < 4.78 is 0. The molecule has 0 amide bonds. The first kappa shape index (κ1) is 12.5. The number of alkyl halides is 1. The minimum atomic E-state index is -0.108. The number of aryl methyl sites for hydroxylation is 1. The highest BCUT2D eigenvalue weighted by atomic mass is 35.5. The van der Waals surface area contributed by atoms with Crippen molar-refractivity contribution in [3.63, 3.8) is 0 Å². The third kappa shape index (κ3) is 2.83. The maximum absolute atomic E-state index is 6.52. The highest BCUT2D eigenvalue weighted by molar-refractivity contribution is 6.30. The summed E-state index contributed by atoms with van der Waals surface area (Å²) >= 11 is 12.4. The van der Waals surface area contributed by atoms with E-state index >= 15 is 0 Å². The molecular weight excluding hydrogens is 251 g/mol. The number of hydrogen-bond acceptors (Lipinski definition) is 0. The highest BCUT2D eigenvalue weighted by Gasteiger charge is 2.13. The summed E-state index contributed by atoms with van der Waals surface area (Å²) in [5.41, 5.74) is 3.55. The lowest BCUT2D eigenvalue weighted by Crippen LogP contribution is -1.97. The van der Waals surface area contributed by atoms with E-state index in [1.807, 2.05) is 36.4 Å². The molecule has 17 heavy (non-hydrogen) atoms. The Morgan fingerprint density at radius 1 is 1.00 bits per heavy atom. The van der Waals surface area contributed by atoms with Crippen LogP contribution in [0.25, 0.3) is 0 Å². The average Bonchev–Trinajstić information content (AvgIpc) is 2.39. The summed E-state index contributed by atoms with van der Waals surface area (Å²) in [6.45, 7) is 2.14. The van der Waals surface area contributed by atoms with Crippen LogP contribution in [-0.2, 0) is 6.42 Å². The fourth-order valence-electron chi connectivity index (χ4n) is 1.91. The molecule has 0 saturated carbocycles. The van der Waals surface area contributed by atoms with Crippen LogP contribution in [0.4, 0.5) is 0 Å². The van der Waals surface area contributed by atoms with Crippen molar-refractivity contribution in [3.05, 3.63) is 70.2 Å². The molecule has 1 unspecified atom stereocenters. The van der Waals surface area contributed by atoms with E-state index in [0.717, 1.165) is 17.0 Å². The van der Waals surface area contributed by atoms with Gasteiger partial charge in [0, 0.05) is 5.02 Å². The van der Waals surface area contributed by atoms with Crippen LogP contribution >= 0.6 is 23.2 Å². The number of hydrogen-bond donors (Lipinski definition) is 0. The van der Waals surface area contributed by atoms with Crippen molar-refractivity contribution in [1.29, 1.82) is 0 Å². The molecule has 1 atom stereocenters. The van der Waals surface area contributed by atoms with Gasteiger partial charge in [0.25, 0.3) is 0 Å². The Kier molecular flexibility index (Phi) is 4.09. The van der Waals surface area contributed by atoms with Crippen LogP contribution in [0, 0.1) is 0 Å². The third-order valence-corrected chi connectivity index (χ3v) is 3.61. The van der Waals surface area contributed by atoms with Gasteiger partial charge in [-0.3, -0.25) is 0 Å². The molecular formula is C15H14Cl2. The van der Waals surface area contributed by atoms with Gasteiger partial charge in [-0.1, -0.05) is 54.9 Å². The molecule has 0 spiro atoms. The van der Waals surface area contributed by atoms with Crippen LogP contribution in [0.2, 0.25) is 5.02 Å². The summed E-state index contributed by atoms with van der Waals surface area (Å²) in [5.74, 6) is 0. The van der Waals surface area contributed by atoms with Crippen molar-refractivity contribution in [1.82, 2.24) is 0 Å². The molecule has 0 N–H and O–H groups in total. The smallest absolute Gasteiger partial charge is 0.0838 e. The van der Waals surface area contributed by atoms with Gasteiger partial charge in [-0.25, -0.2) is 0 Å². The Labute approximate surface area is 112 Å². The number of halogens is 2. The molecule has 2 aromatic carbocycles. The molecule has 0 aliphatic heterocycles. The molecule has 0 aromatic heterocycles. The molecule has 0 fully saturated rings. The van der Waals surface area contributed by atoms with Gasteiger partial charge in [-0.15, -0.1) is 11.6 Å². The van der Waals surface area contributed by atoms with Gasteiger partial charge in [-0.05, 0) is 35.2 Å². The van der Waals surface area contributed by atoms with Crippen LogP contribution in [0.5, 0.6) is 0 Å². The van der Waals surface area contributed by atoms with Gasteiger partial charge < -0.3 is 0 Å². The minimum Gasteiger partial charge on any atom is -0.113 e. The van der Waals surface area contributed by atoms with Crippen LogP contribution in [0.1, 0.15) is 29.0 Å². The largest absolute Gasteiger partial charge is 0.113 e. The standard InChI is InChI=1S/C15H14Cl2/c1-2-11-5-3-4-6-14(11)15(17)12-7-9-13(16)10-8-12/h3-10,15H,2H2,1H3. The molecule has 0 heterocycles. The molecule has 0 bridgehead atoms. The van der Waals surface area contributed by atoms with Crippen molar-refractivity contribution < 1.29 is 0 Å². The van der Waals surface area contributed by atoms with E-state index in [2.05, 4.69) is 19.1 Å². The lowest BCUT2D eigenvalue weighted by molar-refractivity contribution is 1.04. The van der Waals surface area contributed by atoms with Gasteiger partial charge in [0.1, 0.15) is 0 Å². The lowest BCUT2D eigenvalue weighted by atomic mass is 9.98. The molecule has 0 nitrogen and oxygen atoms in total. The first-order valence-corrected chi connectivity index (χ1v) is 6.51. The Morgan fingerprint density at radius 3 is 2.29 bits per heavy atom. The first-order valence-electron chi connectivity index (χ1n) is 5.69. The molecule has 0 aliphatic rings. The Hall–Kier alpha value is -0.980. The summed E-state index contributed by atoms with van der Waals surface area (Å²) in [5, 5.41) is 0.629. The van der Waals surface area contributed by atoms with Gasteiger partial charge in [-0.2, -0.15) is 0 Å². The second kappa shape index (κ2) is 5.57. The van der Waals surface area contributed by atoms with Crippen LogP contribution in [-0.4, -0.2) is 0 Å². The Morgan fingerprint density at radius 2 is 1.65 bits per heavy atom. The maximum atomic E-state index is 6.52. The number of rotatable bonds is 3. The fourth-order valence-corrected chi connectivity index (χ4v) is 2.40. The van der Waals surface area contributed by atoms with E-state index in [0.29, 0.717) is 0 Å². The monoisotopic (exact) mass is 264 g/mol. The van der Waals surface area contributed by atoms with E-state index in [-0.39, 0.29) is 5.38 Å².